The van der Waals surface area contributed by atoms with Crippen molar-refractivity contribution in [1.82, 2.24) is 19.6 Å². The molecule has 28 heteroatoms. The molecule has 0 bridgehead atoms. The monoisotopic (exact) mass is 1220 g/mol. The molecule has 4 aliphatic rings. The van der Waals surface area contributed by atoms with Crippen LogP contribution in [0.25, 0.3) is 0 Å². The normalized spacial score (nSPS) is 21.2. The van der Waals surface area contributed by atoms with Crippen molar-refractivity contribution < 1.29 is 95.4 Å². The maximum Gasteiger partial charge on any atom is 0.245 e. The van der Waals surface area contributed by atoms with E-state index in [1.807, 2.05) is 0 Å². The summed E-state index contributed by atoms with van der Waals surface area (Å²) in [7, 11) is 0. The van der Waals surface area contributed by atoms with Crippen molar-refractivity contribution in [3.8, 4) is 0 Å². The van der Waals surface area contributed by atoms with E-state index in [-0.39, 0.29) is 152 Å². The summed E-state index contributed by atoms with van der Waals surface area (Å²) in [5.41, 5.74) is -4.02. The van der Waals surface area contributed by atoms with Crippen molar-refractivity contribution in [3.05, 3.63) is 0 Å². The first-order chi connectivity index (χ1) is 37.7. The topological polar surface area (TPSA) is 292 Å². The van der Waals surface area contributed by atoms with Gasteiger partial charge in [-0.3, -0.25) is 77.1 Å². The number of ether oxygens (including phenoxy) is 8. The number of hydrogen-bond donors (Lipinski definition) is 0. The molecule has 0 aromatic carbocycles. The summed E-state index contributed by atoms with van der Waals surface area (Å²) in [6.07, 6.45) is -0.593. The first-order valence-corrected chi connectivity index (χ1v) is 30.0. The number of thioether (sulfide) groups is 4. The van der Waals surface area contributed by atoms with Gasteiger partial charge in [0, 0.05) is 47.3 Å². The van der Waals surface area contributed by atoms with Gasteiger partial charge in [-0.15, -0.1) is 0 Å². The Morgan fingerprint density at radius 2 is 0.506 bits per heavy atom. The number of carbonyl (C=O) groups is 12. The van der Waals surface area contributed by atoms with E-state index in [0.29, 0.717) is 0 Å². The Kier molecular flexibility index (Phi) is 26.7. The lowest BCUT2D eigenvalue weighted by Gasteiger charge is -2.33. The predicted molar refractivity (Wildman–Crippen MR) is 298 cm³/mol. The van der Waals surface area contributed by atoms with Crippen LogP contribution < -0.4 is 0 Å². The Morgan fingerprint density at radius 3 is 0.679 bits per heavy atom. The van der Waals surface area contributed by atoms with Crippen LogP contribution in [-0.4, -0.2) is 215 Å². The SMILES string of the molecule is CC(C)(C)C(=O)SC1CC(=O)N(COCCOCC(COCCOCN2C(=O)CC(SC(=O)C(C)(C)C)C2=O)(COCCOCN2C(=O)CC(SC(=O)C(C)(C)C)C2=O)COCCOCN2C(=O)CC(SC(=O)C(C)(C)C)C2=O)C1=O. The van der Waals surface area contributed by atoms with E-state index in [1.54, 1.807) is 83.1 Å². The quantitative estimate of drug-likeness (QED) is 0.0686. The van der Waals surface area contributed by atoms with Gasteiger partial charge in [0.15, 0.2) is 20.5 Å². The second kappa shape index (κ2) is 30.9. The van der Waals surface area contributed by atoms with Gasteiger partial charge < -0.3 is 37.9 Å². The summed E-state index contributed by atoms with van der Waals surface area (Å²) >= 11 is 3.30. The summed E-state index contributed by atoms with van der Waals surface area (Å²) in [6.45, 7) is 18.1. The minimum Gasteiger partial charge on any atom is -0.378 e. The van der Waals surface area contributed by atoms with Crippen molar-refractivity contribution >= 4 is 115 Å². The highest BCUT2D eigenvalue weighted by molar-refractivity contribution is 8.15. The molecule has 8 amide bonds. The van der Waals surface area contributed by atoms with Crippen LogP contribution >= 0.6 is 47.0 Å². The van der Waals surface area contributed by atoms with Gasteiger partial charge in [0.05, 0.1) is 84.7 Å². The molecule has 0 aliphatic carbocycles. The third-order valence-corrected chi connectivity index (χ3v) is 18.2. The summed E-state index contributed by atoms with van der Waals surface area (Å²) in [5.74, 6) is -4.09. The zero-order valence-electron chi connectivity index (χ0n) is 48.5. The van der Waals surface area contributed by atoms with E-state index in [2.05, 4.69) is 0 Å². The maximum atomic E-state index is 13.1. The Labute approximate surface area is 490 Å². The molecule has 4 saturated heterocycles. The number of nitrogens with zero attached hydrogens (tertiary/aromatic N) is 4. The van der Waals surface area contributed by atoms with E-state index in [9.17, 15) is 57.5 Å². The van der Waals surface area contributed by atoms with E-state index in [0.717, 1.165) is 66.6 Å². The minimum atomic E-state index is -1.15. The van der Waals surface area contributed by atoms with Gasteiger partial charge in [0.25, 0.3) is 0 Å². The van der Waals surface area contributed by atoms with Gasteiger partial charge in [-0.2, -0.15) is 0 Å². The molecule has 4 unspecified atom stereocenters. The number of rotatable bonds is 32. The molecule has 0 saturated carbocycles. The number of imide groups is 4. The molecular formula is C53H80N4O20S4. The Hall–Kier alpha value is -3.68. The lowest BCUT2D eigenvalue weighted by atomic mass is 9.92. The van der Waals surface area contributed by atoms with Gasteiger partial charge in [-0.1, -0.05) is 130 Å². The van der Waals surface area contributed by atoms with Crippen molar-refractivity contribution in [2.24, 2.45) is 27.1 Å². The van der Waals surface area contributed by atoms with E-state index in [4.69, 9.17) is 37.9 Å². The fraction of sp³-hybridized carbons (Fsp3) is 0.774. The van der Waals surface area contributed by atoms with Crippen LogP contribution in [0.1, 0.15) is 109 Å². The molecule has 4 aliphatic heterocycles. The molecule has 0 spiro atoms. The predicted octanol–water partition coefficient (Wildman–Crippen LogP) is 3.67. The zero-order chi connectivity index (χ0) is 60.7. The van der Waals surface area contributed by atoms with Crippen molar-refractivity contribution in [2.75, 3.05) is 106 Å². The van der Waals surface area contributed by atoms with Crippen LogP contribution in [0.3, 0.4) is 0 Å². The standard InChI is InChI=1S/C53H80N4O20S4/c1-49(2,3)45(66)78-33-21-37(58)54(41(33)62)29-74-17-13-70-25-53(26-71-14-18-75-30-55-38(59)22-34(42(55)63)79-46(67)50(4,5)6,27-72-15-19-76-31-56-39(60)23-35(43(56)64)80-47(68)51(7,8)9)28-73-16-20-77-32-57-40(61)24-36(44(57)65)81-48(69)52(10,11)12/h33-36H,13-32H2,1-12H3. The first-order valence-electron chi connectivity index (χ1n) is 26.5. The molecule has 0 radical (unpaired) electrons. The molecule has 4 heterocycles. The molecule has 4 atom stereocenters. The van der Waals surface area contributed by atoms with Crippen LogP contribution in [0, 0.1) is 27.1 Å². The molecule has 24 nitrogen and oxygen atoms in total. The van der Waals surface area contributed by atoms with Crippen LogP contribution in [0.4, 0.5) is 0 Å². The average Bonchev–Trinajstić information content (AvgIpc) is 3.99. The fourth-order valence-corrected chi connectivity index (χ4v) is 11.5. The summed E-state index contributed by atoms with van der Waals surface area (Å²) in [4.78, 5) is 158. The smallest absolute Gasteiger partial charge is 0.245 e. The molecular weight excluding hydrogens is 1140 g/mol. The largest absolute Gasteiger partial charge is 0.378 e. The molecule has 456 valence electrons. The second-order valence-corrected chi connectivity index (χ2v) is 28.6. The Morgan fingerprint density at radius 1 is 0.333 bits per heavy atom. The zero-order valence-corrected chi connectivity index (χ0v) is 51.8. The van der Waals surface area contributed by atoms with Crippen LogP contribution in [0.5, 0.6) is 0 Å². The second-order valence-electron chi connectivity index (χ2n) is 23.9. The average molecular weight is 1220 g/mol. The molecule has 81 heavy (non-hydrogen) atoms. The maximum absolute atomic E-state index is 13.1. The Bertz CT molecular complexity index is 2010. The third kappa shape index (κ3) is 21.4. The molecule has 0 aromatic heterocycles. The van der Waals surface area contributed by atoms with Crippen molar-refractivity contribution in [3.63, 3.8) is 0 Å². The van der Waals surface area contributed by atoms with Gasteiger partial charge in [-0.05, 0) is 0 Å². The first kappa shape index (κ1) is 69.8. The summed E-state index contributed by atoms with van der Waals surface area (Å²) < 4.78 is 47.1. The van der Waals surface area contributed by atoms with E-state index < -0.39 is 95.3 Å². The lowest BCUT2D eigenvalue weighted by Crippen LogP contribution is -2.43. The van der Waals surface area contributed by atoms with Gasteiger partial charge in [0.1, 0.15) is 47.9 Å². The molecule has 4 rings (SSSR count). The Balaban J connectivity index is 1.41. The molecule has 4 fully saturated rings. The highest BCUT2D eigenvalue weighted by Gasteiger charge is 2.46. The van der Waals surface area contributed by atoms with Gasteiger partial charge in [-0.25, -0.2) is 0 Å². The number of hydrogen-bond acceptors (Lipinski definition) is 24. The third-order valence-electron chi connectivity index (χ3n) is 12.3. The van der Waals surface area contributed by atoms with E-state index >= 15 is 0 Å². The summed E-state index contributed by atoms with van der Waals surface area (Å²) in [5, 5.41) is -4.36. The molecule has 0 aromatic rings. The van der Waals surface area contributed by atoms with Crippen molar-refractivity contribution in [2.45, 2.75) is 130 Å². The van der Waals surface area contributed by atoms with E-state index in [1.165, 1.54) is 0 Å². The lowest BCUT2D eigenvalue weighted by molar-refractivity contribution is -0.146. The van der Waals surface area contributed by atoms with Crippen LogP contribution in [0.2, 0.25) is 0 Å². The highest BCUT2D eigenvalue weighted by Crippen LogP contribution is 2.36. The number of carbonyl (C=O) groups excluding carboxylic acids is 12. The molecule has 0 N–H and O–H groups in total. The number of likely N-dealkylation sites (tertiary alicyclic amines) is 4. The van der Waals surface area contributed by atoms with Gasteiger partial charge >= 0.3 is 0 Å². The van der Waals surface area contributed by atoms with Crippen molar-refractivity contribution in [1.29, 1.82) is 0 Å². The van der Waals surface area contributed by atoms with Crippen LogP contribution in [0.15, 0.2) is 0 Å². The van der Waals surface area contributed by atoms with Gasteiger partial charge in [0.2, 0.25) is 47.3 Å². The fourth-order valence-electron chi connectivity index (χ4n) is 7.25. The summed E-state index contributed by atoms with van der Waals surface area (Å²) in [6, 6.07) is 0. The highest BCUT2D eigenvalue weighted by atomic mass is 32.2. The minimum absolute atomic E-state index is 0.0659. The number of amides is 8. The van der Waals surface area contributed by atoms with Crippen LogP contribution in [-0.2, 0) is 95.4 Å².